The molecule has 2 aromatic rings. The number of benzene rings is 2. The van der Waals surface area contributed by atoms with Gasteiger partial charge in [0, 0.05) is 13.0 Å². The standard InChI is InChI=1S/C25H32N4O4.ClH/c1-16(2)12-21(25(32)29-33)27-24(31)22(13-17-8-4-3-5-9-17)28-23(30)20-14-18-10-6-7-11-19(18)15-26-20;/h3-11,16,20-22,26,33H,12-15H2,1-2H3,(H,27,31)(H,28,30)(H,29,32);1H/t20-,21-,22-;/m0./s1. The van der Waals surface area contributed by atoms with Gasteiger partial charge in [-0.1, -0.05) is 68.4 Å². The van der Waals surface area contributed by atoms with Gasteiger partial charge in [-0.25, -0.2) is 5.48 Å². The Morgan fingerprint density at radius 1 is 0.941 bits per heavy atom. The molecule has 0 unspecified atom stereocenters. The molecule has 1 heterocycles. The van der Waals surface area contributed by atoms with Gasteiger partial charge in [-0.3, -0.25) is 19.6 Å². The lowest BCUT2D eigenvalue weighted by molar-refractivity contribution is -0.136. The van der Waals surface area contributed by atoms with Gasteiger partial charge in [0.05, 0.1) is 6.04 Å². The maximum atomic E-state index is 13.2. The van der Waals surface area contributed by atoms with E-state index in [0.29, 0.717) is 19.4 Å². The fourth-order valence-electron chi connectivity index (χ4n) is 4.02. The number of hydrogen-bond acceptors (Lipinski definition) is 5. The number of hydroxylamine groups is 1. The smallest absolute Gasteiger partial charge is 0.265 e. The minimum Gasteiger partial charge on any atom is -0.343 e. The normalized spacial score (nSPS) is 16.4. The van der Waals surface area contributed by atoms with Crippen molar-refractivity contribution in [1.29, 1.82) is 0 Å². The average molecular weight is 489 g/mol. The molecule has 2 aromatic carbocycles. The fraction of sp³-hybridized carbons (Fsp3) is 0.400. The van der Waals surface area contributed by atoms with Crippen molar-refractivity contribution in [2.24, 2.45) is 5.92 Å². The Kier molecular flexibility index (Phi) is 10.5. The van der Waals surface area contributed by atoms with Crippen molar-refractivity contribution in [3.63, 3.8) is 0 Å². The Balaban J connectivity index is 0.00000408. The number of fused-ring (bicyclic) bond motifs is 1. The Labute approximate surface area is 206 Å². The van der Waals surface area contributed by atoms with Gasteiger partial charge in [-0.15, -0.1) is 12.4 Å². The van der Waals surface area contributed by atoms with E-state index < -0.39 is 29.9 Å². The summed E-state index contributed by atoms with van der Waals surface area (Å²) in [6.45, 7) is 4.41. The minimum atomic E-state index is -0.905. The molecule has 3 amide bonds. The molecular formula is C25H33ClN4O4. The van der Waals surface area contributed by atoms with Crippen LogP contribution in [0.1, 0.15) is 37.0 Å². The van der Waals surface area contributed by atoms with E-state index >= 15 is 0 Å². The van der Waals surface area contributed by atoms with Crippen molar-refractivity contribution < 1.29 is 19.6 Å². The number of carbonyl (C=O) groups excluding carboxylic acids is 3. The second kappa shape index (κ2) is 13.1. The third-order valence-corrected chi connectivity index (χ3v) is 5.76. The van der Waals surface area contributed by atoms with Crippen LogP contribution in [0, 0.1) is 5.92 Å². The summed E-state index contributed by atoms with van der Waals surface area (Å²) in [6.07, 6.45) is 1.16. The second-order valence-corrected chi connectivity index (χ2v) is 8.82. The molecule has 0 radical (unpaired) electrons. The van der Waals surface area contributed by atoms with Crippen molar-refractivity contribution in [2.45, 2.75) is 57.8 Å². The lowest BCUT2D eigenvalue weighted by Crippen LogP contribution is -2.57. The minimum absolute atomic E-state index is 0. The van der Waals surface area contributed by atoms with Gasteiger partial charge in [0.1, 0.15) is 12.1 Å². The van der Waals surface area contributed by atoms with Gasteiger partial charge >= 0.3 is 0 Å². The highest BCUT2D eigenvalue weighted by molar-refractivity contribution is 5.93. The molecule has 9 heteroatoms. The molecule has 5 N–H and O–H groups in total. The lowest BCUT2D eigenvalue weighted by Gasteiger charge is -2.28. The zero-order chi connectivity index (χ0) is 23.8. The SMILES string of the molecule is CC(C)C[C@H](NC(=O)[C@H](Cc1ccccc1)NC(=O)[C@@H]1Cc2ccccc2CN1)C(=O)NO.Cl. The first-order chi connectivity index (χ1) is 15.9. The van der Waals surface area contributed by atoms with Crippen LogP contribution in [0.4, 0.5) is 0 Å². The van der Waals surface area contributed by atoms with Crippen LogP contribution in [0.15, 0.2) is 54.6 Å². The van der Waals surface area contributed by atoms with Gasteiger partial charge < -0.3 is 16.0 Å². The molecule has 0 saturated heterocycles. The molecule has 0 aliphatic carbocycles. The first-order valence-electron chi connectivity index (χ1n) is 11.3. The molecule has 3 rings (SSSR count). The maximum Gasteiger partial charge on any atom is 0.265 e. The Morgan fingerprint density at radius 2 is 1.59 bits per heavy atom. The predicted molar refractivity (Wildman–Crippen MR) is 131 cm³/mol. The zero-order valence-corrected chi connectivity index (χ0v) is 20.2. The van der Waals surface area contributed by atoms with E-state index in [-0.39, 0.29) is 30.7 Å². The quantitative estimate of drug-likeness (QED) is 0.273. The highest BCUT2D eigenvalue weighted by atomic mass is 35.5. The summed E-state index contributed by atoms with van der Waals surface area (Å²) in [5, 5.41) is 17.9. The summed E-state index contributed by atoms with van der Waals surface area (Å²) in [4.78, 5) is 38.3. The summed E-state index contributed by atoms with van der Waals surface area (Å²) in [5.41, 5.74) is 4.76. The van der Waals surface area contributed by atoms with Crippen LogP contribution in [0.3, 0.4) is 0 Å². The van der Waals surface area contributed by atoms with E-state index in [9.17, 15) is 14.4 Å². The second-order valence-electron chi connectivity index (χ2n) is 8.82. The van der Waals surface area contributed by atoms with Crippen LogP contribution in [0.2, 0.25) is 0 Å². The van der Waals surface area contributed by atoms with E-state index in [0.717, 1.165) is 16.7 Å². The Bertz CT molecular complexity index is 970. The van der Waals surface area contributed by atoms with Crippen LogP contribution >= 0.6 is 12.4 Å². The molecule has 0 aromatic heterocycles. The van der Waals surface area contributed by atoms with Crippen LogP contribution < -0.4 is 21.4 Å². The van der Waals surface area contributed by atoms with E-state index in [1.807, 2.05) is 68.4 Å². The van der Waals surface area contributed by atoms with Gasteiger partial charge in [-0.2, -0.15) is 0 Å². The summed E-state index contributed by atoms with van der Waals surface area (Å²) < 4.78 is 0. The van der Waals surface area contributed by atoms with Gasteiger partial charge in [0.25, 0.3) is 5.91 Å². The highest BCUT2D eigenvalue weighted by Gasteiger charge is 2.30. The first-order valence-corrected chi connectivity index (χ1v) is 11.3. The lowest BCUT2D eigenvalue weighted by atomic mass is 9.95. The molecule has 1 aliphatic heterocycles. The first kappa shape index (κ1) is 27.3. The van der Waals surface area contributed by atoms with Crippen LogP contribution in [0.5, 0.6) is 0 Å². The zero-order valence-electron chi connectivity index (χ0n) is 19.4. The van der Waals surface area contributed by atoms with E-state index in [1.165, 1.54) is 0 Å². The number of carbonyl (C=O) groups is 3. The summed E-state index contributed by atoms with van der Waals surface area (Å²) in [5.74, 6) is -1.32. The van der Waals surface area contributed by atoms with Gasteiger partial charge in [-0.05, 0) is 35.4 Å². The number of rotatable bonds is 9. The fourth-order valence-corrected chi connectivity index (χ4v) is 4.02. The molecule has 1 aliphatic rings. The Hall–Kier alpha value is -2.94. The predicted octanol–water partition coefficient (Wildman–Crippen LogP) is 1.89. The molecule has 0 spiro atoms. The van der Waals surface area contributed by atoms with Crippen molar-refractivity contribution >= 4 is 30.1 Å². The summed E-state index contributed by atoms with van der Waals surface area (Å²) in [7, 11) is 0. The highest BCUT2D eigenvalue weighted by Crippen LogP contribution is 2.16. The van der Waals surface area contributed by atoms with E-state index in [4.69, 9.17) is 5.21 Å². The number of hydrogen-bond donors (Lipinski definition) is 5. The monoisotopic (exact) mass is 488 g/mol. The van der Waals surface area contributed by atoms with Crippen molar-refractivity contribution in [3.8, 4) is 0 Å². The van der Waals surface area contributed by atoms with Crippen LogP contribution in [-0.2, 0) is 33.8 Å². The number of halogens is 1. The average Bonchev–Trinajstić information content (AvgIpc) is 2.82. The number of amides is 3. The molecule has 34 heavy (non-hydrogen) atoms. The topological polar surface area (TPSA) is 120 Å². The number of nitrogens with one attached hydrogen (secondary N) is 4. The molecular weight excluding hydrogens is 456 g/mol. The largest absolute Gasteiger partial charge is 0.343 e. The summed E-state index contributed by atoms with van der Waals surface area (Å²) >= 11 is 0. The third kappa shape index (κ3) is 7.55. The molecule has 8 nitrogen and oxygen atoms in total. The molecule has 3 atom stereocenters. The van der Waals surface area contributed by atoms with Crippen LogP contribution in [0.25, 0.3) is 0 Å². The van der Waals surface area contributed by atoms with E-state index in [1.54, 1.807) is 5.48 Å². The van der Waals surface area contributed by atoms with E-state index in [2.05, 4.69) is 16.0 Å². The molecule has 0 bridgehead atoms. The van der Waals surface area contributed by atoms with Gasteiger partial charge in [0.2, 0.25) is 11.8 Å². The Morgan fingerprint density at radius 3 is 2.24 bits per heavy atom. The van der Waals surface area contributed by atoms with Crippen molar-refractivity contribution in [3.05, 3.63) is 71.3 Å². The summed E-state index contributed by atoms with van der Waals surface area (Å²) in [6, 6.07) is 15.1. The van der Waals surface area contributed by atoms with Gasteiger partial charge in [0.15, 0.2) is 0 Å². The maximum absolute atomic E-state index is 13.2. The third-order valence-electron chi connectivity index (χ3n) is 5.76. The molecule has 184 valence electrons. The van der Waals surface area contributed by atoms with Crippen LogP contribution in [-0.4, -0.2) is 41.1 Å². The van der Waals surface area contributed by atoms with Crippen molar-refractivity contribution in [2.75, 3.05) is 0 Å². The molecule has 0 saturated carbocycles. The van der Waals surface area contributed by atoms with Crippen molar-refractivity contribution in [1.82, 2.24) is 21.4 Å². The molecule has 0 fully saturated rings.